The van der Waals surface area contributed by atoms with Gasteiger partial charge in [-0.1, -0.05) is 13.0 Å². The molecule has 4 heteroatoms. The van der Waals surface area contributed by atoms with Crippen LogP contribution in [0.25, 0.3) is 0 Å². The van der Waals surface area contributed by atoms with Crippen molar-refractivity contribution in [2.24, 2.45) is 5.41 Å². The van der Waals surface area contributed by atoms with Crippen molar-refractivity contribution in [3.63, 3.8) is 0 Å². The fourth-order valence-electron chi connectivity index (χ4n) is 1.12. The second kappa shape index (κ2) is 6.01. The maximum Gasteiger partial charge on any atom is 0.311 e. The molecule has 0 aliphatic heterocycles. The van der Waals surface area contributed by atoms with Crippen molar-refractivity contribution in [1.29, 1.82) is 0 Å². The Labute approximate surface area is 119 Å². The molecular weight excluding hydrogens is 348 g/mol. The number of halogens is 2. The largest absolute Gasteiger partial charge is 0.460 e. The Balaban J connectivity index is 2.62. The summed E-state index contributed by atoms with van der Waals surface area (Å²) in [7, 11) is 0. The van der Waals surface area contributed by atoms with Crippen LogP contribution < -0.4 is 0 Å². The number of carbonyl (C=O) groups is 1. The molecule has 0 radical (unpaired) electrons. The van der Waals surface area contributed by atoms with Gasteiger partial charge in [0.15, 0.2) is 0 Å². The molecule has 0 saturated carbocycles. The van der Waals surface area contributed by atoms with E-state index in [1.54, 1.807) is 0 Å². The highest BCUT2D eigenvalue weighted by atomic mass is 79.9. The first-order chi connectivity index (χ1) is 7.86. The van der Waals surface area contributed by atoms with Crippen LogP contribution >= 0.6 is 31.9 Å². The first kappa shape index (κ1) is 14.7. The van der Waals surface area contributed by atoms with Crippen LogP contribution in [0, 0.1) is 5.41 Å². The molecule has 0 amide bonds. The zero-order chi connectivity index (χ0) is 13.1. The molecule has 0 spiro atoms. The number of carbonyl (C=O) groups excluding carboxylic acids is 1. The van der Waals surface area contributed by atoms with E-state index < -0.39 is 5.41 Å². The summed E-state index contributed by atoms with van der Waals surface area (Å²) in [6.07, 6.45) is 0.774. The monoisotopic (exact) mass is 362 g/mol. The van der Waals surface area contributed by atoms with E-state index in [0.29, 0.717) is 6.61 Å². The van der Waals surface area contributed by atoms with Crippen molar-refractivity contribution >= 4 is 37.8 Å². The summed E-state index contributed by atoms with van der Waals surface area (Å²) in [5.41, 5.74) is 0.562. The number of esters is 1. The fourth-order valence-corrected chi connectivity index (χ4v) is 1.79. The zero-order valence-corrected chi connectivity index (χ0v) is 13.4. The fraction of sp³-hybridized carbons (Fsp3) is 0.462. The minimum Gasteiger partial charge on any atom is -0.460 e. The average molecular weight is 364 g/mol. The molecule has 0 atom stereocenters. The van der Waals surface area contributed by atoms with E-state index in [4.69, 9.17) is 4.74 Å². The number of rotatable bonds is 4. The molecule has 0 aliphatic rings. The smallest absolute Gasteiger partial charge is 0.311 e. The summed E-state index contributed by atoms with van der Waals surface area (Å²) in [6.45, 7) is 6.09. The van der Waals surface area contributed by atoms with Crippen LogP contribution in [-0.4, -0.2) is 5.97 Å². The molecule has 0 aromatic heterocycles. The topological polar surface area (TPSA) is 26.3 Å². The number of ether oxygens (including phenoxy) is 1. The molecule has 0 unspecified atom stereocenters. The second-order valence-electron chi connectivity index (χ2n) is 4.56. The standard InChI is InChI=1S/C13H16Br2O2/c1-4-13(2,3)12(16)17-8-9-5-6-10(14)11(15)7-9/h5-7H,4,8H2,1-3H3. The van der Waals surface area contributed by atoms with Gasteiger partial charge >= 0.3 is 5.97 Å². The maximum absolute atomic E-state index is 11.8. The lowest BCUT2D eigenvalue weighted by Crippen LogP contribution is -2.25. The number of hydrogen-bond acceptors (Lipinski definition) is 2. The summed E-state index contributed by atoms with van der Waals surface area (Å²) < 4.78 is 7.25. The van der Waals surface area contributed by atoms with Gasteiger partial charge in [-0.25, -0.2) is 0 Å². The normalized spacial score (nSPS) is 11.4. The highest BCUT2D eigenvalue weighted by molar-refractivity contribution is 9.13. The Morgan fingerprint density at radius 3 is 2.47 bits per heavy atom. The maximum atomic E-state index is 11.8. The number of hydrogen-bond donors (Lipinski definition) is 0. The van der Waals surface area contributed by atoms with Crippen LogP contribution in [0.15, 0.2) is 27.1 Å². The van der Waals surface area contributed by atoms with Crippen molar-refractivity contribution in [2.45, 2.75) is 33.8 Å². The van der Waals surface area contributed by atoms with Gasteiger partial charge in [-0.3, -0.25) is 4.79 Å². The molecule has 0 N–H and O–H groups in total. The highest BCUT2D eigenvalue weighted by Crippen LogP contribution is 2.25. The zero-order valence-electron chi connectivity index (χ0n) is 10.2. The Morgan fingerprint density at radius 2 is 1.94 bits per heavy atom. The molecule has 2 nitrogen and oxygen atoms in total. The van der Waals surface area contributed by atoms with Gasteiger partial charge in [0.25, 0.3) is 0 Å². The predicted molar refractivity (Wildman–Crippen MR) is 75.7 cm³/mol. The molecule has 0 heterocycles. The lowest BCUT2D eigenvalue weighted by atomic mass is 9.91. The third kappa shape index (κ3) is 4.11. The molecule has 1 aromatic rings. The van der Waals surface area contributed by atoms with Crippen molar-refractivity contribution in [3.8, 4) is 0 Å². The summed E-state index contributed by atoms with van der Waals surface area (Å²) in [6, 6.07) is 5.80. The van der Waals surface area contributed by atoms with Gasteiger partial charge in [-0.2, -0.15) is 0 Å². The van der Waals surface area contributed by atoms with E-state index in [1.165, 1.54) is 0 Å². The SMILES string of the molecule is CCC(C)(C)C(=O)OCc1ccc(Br)c(Br)c1. The van der Waals surface area contributed by atoms with Gasteiger partial charge < -0.3 is 4.74 Å². The predicted octanol–water partition coefficient (Wildman–Crippen LogP) is 4.69. The second-order valence-corrected chi connectivity index (χ2v) is 6.27. The van der Waals surface area contributed by atoms with E-state index in [2.05, 4.69) is 31.9 Å². The molecule has 0 fully saturated rings. The first-order valence-corrected chi connectivity index (χ1v) is 7.06. The summed E-state index contributed by atoms with van der Waals surface area (Å²) in [5.74, 6) is -0.154. The Kier molecular flexibility index (Phi) is 5.20. The molecule has 0 aliphatic carbocycles. The van der Waals surface area contributed by atoms with Gasteiger partial charge in [-0.05, 0) is 69.8 Å². The highest BCUT2D eigenvalue weighted by Gasteiger charge is 2.26. The van der Waals surface area contributed by atoms with Crippen LogP contribution in [0.3, 0.4) is 0 Å². The minimum absolute atomic E-state index is 0.154. The van der Waals surface area contributed by atoms with Crippen LogP contribution in [0.2, 0.25) is 0 Å². The van der Waals surface area contributed by atoms with Gasteiger partial charge in [-0.15, -0.1) is 0 Å². The number of benzene rings is 1. The van der Waals surface area contributed by atoms with Gasteiger partial charge in [0, 0.05) is 8.95 Å². The van der Waals surface area contributed by atoms with E-state index in [1.807, 2.05) is 39.0 Å². The lowest BCUT2D eigenvalue weighted by molar-refractivity contribution is -0.155. The van der Waals surface area contributed by atoms with Crippen molar-refractivity contribution < 1.29 is 9.53 Å². The summed E-state index contributed by atoms with van der Waals surface area (Å²) in [5, 5.41) is 0. The third-order valence-corrected chi connectivity index (χ3v) is 4.67. The van der Waals surface area contributed by atoms with Crippen LogP contribution in [-0.2, 0) is 16.1 Å². The van der Waals surface area contributed by atoms with Crippen molar-refractivity contribution in [1.82, 2.24) is 0 Å². The Morgan fingerprint density at radius 1 is 1.29 bits per heavy atom. The molecule has 0 bridgehead atoms. The third-order valence-electron chi connectivity index (χ3n) is 2.79. The van der Waals surface area contributed by atoms with Crippen LogP contribution in [0.1, 0.15) is 32.8 Å². The molecular formula is C13H16Br2O2. The molecule has 1 aromatic carbocycles. The summed E-state index contributed by atoms with van der Waals surface area (Å²) >= 11 is 6.82. The first-order valence-electron chi connectivity index (χ1n) is 5.48. The van der Waals surface area contributed by atoms with Crippen molar-refractivity contribution in [2.75, 3.05) is 0 Å². The van der Waals surface area contributed by atoms with E-state index >= 15 is 0 Å². The summed E-state index contributed by atoms with van der Waals surface area (Å²) in [4.78, 5) is 11.8. The van der Waals surface area contributed by atoms with Gasteiger partial charge in [0.2, 0.25) is 0 Å². The minimum atomic E-state index is -0.410. The molecule has 17 heavy (non-hydrogen) atoms. The van der Waals surface area contributed by atoms with E-state index in [0.717, 1.165) is 20.9 Å². The van der Waals surface area contributed by atoms with E-state index in [-0.39, 0.29) is 5.97 Å². The molecule has 94 valence electrons. The quantitative estimate of drug-likeness (QED) is 0.725. The van der Waals surface area contributed by atoms with E-state index in [9.17, 15) is 4.79 Å². The van der Waals surface area contributed by atoms with Crippen LogP contribution in [0.4, 0.5) is 0 Å². The van der Waals surface area contributed by atoms with Gasteiger partial charge in [0.05, 0.1) is 5.41 Å². The average Bonchev–Trinajstić information content (AvgIpc) is 2.30. The van der Waals surface area contributed by atoms with Crippen molar-refractivity contribution in [3.05, 3.63) is 32.7 Å². The lowest BCUT2D eigenvalue weighted by Gasteiger charge is -2.20. The molecule has 1 rings (SSSR count). The Hall–Kier alpha value is -0.350. The van der Waals surface area contributed by atoms with Gasteiger partial charge in [0.1, 0.15) is 6.61 Å². The molecule has 0 saturated heterocycles. The Bertz CT molecular complexity index is 414. The van der Waals surface area contributed by atoms with Crippen LogP contribution in [0.5, 0.6) is 0 Å².